The molecule has 0 heterocycles. The lowest BCUT2D eigenvalue weighted by molar-refractivity contribution is -0.125. The van der Waals surface area contributed by atoms with Crippen LogP contribution in [0.1, 0.15) is 52.7 Å². The number of benzene rings is 2. The van der Waals surface area contributed by atoms with Crippen molar-refractivity contribution in [1.82, 2.24) is 5.32 Å². The van der Waals surface area contributed by atoms with Crippen LogP contribution in [0.15, 0.2) is 36.4 Å². The summed E-state index contributed by atoms with van der Waals surface area (Å²) in [5.74, 6) is -0.201. The average Bonchev–Trinajstić information content (AvgIpc) is 3.15. The molecular weight excluding hydrogens is 386 g/mol. The highest BCUT2D eigenvalue weighted by atomic mass is 35.5. The fourth-order valence-corrected chi connectivity index (χ4v) is 3.85. The Kier molecular flexibility index (Phi) is 7.31. The second kappa shape index (κ2) is 9.31. The van der Waals surface area contributed by atoms with Gasteiger partial charge >= 0.3 is 0 Å². The zero-order chi connectivity index (χ0) is 20.3. The van der Waals surface area contributed by atoms with Crippen molar-refractivity contribution in [3.05, 3.63) is 58.7 Å². The van der Waals surface area contributed by atoms with Gasteiger partial charge in [-0.15, -0.1) is 12.4 Å². The van der Waals surface area contributed by atoms with Crippen LogP contribution < -0.4 is 16.4 Å². The molecule has 0 unspecified atom stereocenters. The van der Waals surface area contributed by atoms with E-state index in [4.69, 9.17) is 5.73 Å². The van der Waals surface area contributed by atoms with E-state index in [1.807, 2.05) is 45.0 Å². The Balaban J connectivity index is 0.00000300. The number of aryl methyl sites for hydroxylation is 3. The van der Waals surface area contributed by atoms with E-state index in [1.54, 1.807) is 12.1 Å². The summed E-state index contributed by atoms with van der Waals surface area (Å²) in [5, 5.41) is 6.05. The quantitative estimate of drug-likeness (QED) is 0.626. The predicted octanol–water partition coefficient (Wildman–Crippen LogP) is 4.54. The van der Waals surface area contributed by atoms with Gasteiger partial charge in [0.15, 0.2) is 0 Å². The van der Waals surface area contributed by atoms with Gasteiger partial charge in [-0.3, -0.25) is 9.59 Å². The van der Waals surface area contributed by atoms with E-state index in [-0.39, 0.29) is 24.2 Å². The Hall–Kier alpha value is -2.53. The van der Waals surface area contributed by atoms with Crippen LogP contribution in [0.25, 0.3) is 0 Å². The standard InChI is InChI=1S/C23H29N3O2.ClH/c1-15-7-9-19(12-17(15)3)26-22(28)23(10-4-5-11-23)14-25-21(27)20-13-18(24)8-6-16(20)2;/h6-9,12-13H,4-5,10-11,14,24H2,1-3H3,(H,25,27)(H,26,28);1H. The van der Waals surface area contributed by atoms with Crippen LogP contribution in [0.5, 0.6) is 0 Å². The van der Waals surface area contributed by atoms with Crippen LogP contribution in [0.4, 0.5) is 11.4 Å². The van der Waals surface area contributed by atoms with Crippen LogP contribution in [-0.2, 0) is 4.79 Å². The predicted molar refractivity (Wildman–Crippen MR) is 121 cm³/mol. The van der Waals surface area contributed by atoms with Gasteiger partial charge in [0.25, 0.3) is 5.91 Å². The van der Waals surface area contributed by atoms with Crippen LogP contribution in [0.3, 0.4) is 0 Å². The lowest BCUT2D eigenvalue weighted by Gasteiger charge is -2.28. The largest absolute Gasteiger partial charge is 0.399 e. The molecule has 5 nitrogen and oxygen atoms in total. The van der Waals surface area contributed by atoms with Gasteiger partial charge < -0.3 is 16.4 Å². The molecule has 29 heavy (non-hydrogen) atoms. The molecular formula is C23H30ClN3O2. The molecule has 0 aromatic heterocycles. The third kappa shape index (κ3) is 5.10. The van der Waals surface area contributed by atoms with Gasteiger partial charge in [-0.05, 0) is 74.6 Å². The van der Waals surface area contributed by atoms with Gasteiger partial charge in [0.1, 0.15) is 0 Å². The highest BCUT2D eigenvalue weighted by molar-refractivity contribution is 5.98. The first-order chi connectivity index (χ1) is 13.3. The Morgan fingerprint density at radius 1 is 0.966 bits per heavy atom. The van der Waals surface area contributed by atoms with Crippen LogP contribution in [0.2, 0.25) is 0 Å². The van der Waals surface area contributed by atoms with E-state index >= 15 is 0 Å². The highest BCUT2D eigenvalue weighted by Crippen LogP contribution is 2.39. The number of anilines is 2. The Morgan fingerprint density at radius 3 is 2.28 bits per heavy atom. The molecule has 1 fully saturated rings. The van der Waals surface area contributed by atoms with Gasteiger partial charge in [0, 0.05) is 23.5 Å². The molecule has 2 aromatic rings. The summed E-state index contributed by atoms with van der Waals surface area (Å²) in [5.41, 5.74) is 10.4. The molecule has 2 aromatic carbocycles. The van der Waals surface area contributed by atoms with Gasteiger partial charge in [-0.2, -0.15) is 0 Å². The van der Waals surface area contributed by atoms with Crippen molar-refractivity contribution in [3.63, 3.8) is 0 Å². The highest BCUT2D eigenvalue weighted by Gasteiger charge is 2.41. The molecule has 4 N–H and O–H groups in total. The lowest BCUT2D eigenvalue weighted by Crippen LogP contribution is -2.44. The molecule has 0 aliphatic heterocycles. The smallest absolute Gasteiger partial charge is 0.251 e. The van der Waals surface area contributed by atoms with Crippen molar-refractivity contribution in [1.29, 1.82) is 0 Å². The van der Waals surface area contributed by atoms with Crippen molar-refractivity contribution in [2.45, 2.75) is 46.5 Å². The molecule has 2 amide bonds. The van der Waals surface area contributed by atoms with Gasteiger partial charge in [-0.1, -0.05) is 25.0 Å². The Bertz CT molecular complexity index is 905. The normalized spacial score (nSPS) is 14.7. The molecule has 3 rings (SSSR count). The maximum atomic E-state index is 13.1. The van der Waals surface area contributed by atoms with Gasteiger partial charge in [0.2, 0.25) is 5.91 Å². The summed E-state index contributed by atoms with van der Waals surface area (Å²) in [7, 11) is 0. The maximum absolute atomic E-state index is 13.1. The van der Waals surface area contributed by atoms with Crippen LogP contribution in [0, 0.1) is 26.2 Å². The fraction of sp³-hybridized carbons (Fsp3) is 0.391. The fourth-order valence-electron chi connectivity index (χ4n) is 3.85. The number of carbonyl (C=O) groups is 2. The van der Waals surface area contributed by atoms with E-state index in [0.29, 0.717) is 17.8 Å². The number of nitrogens with one attached hydrogen (secondary N) is 2. The number of carbonyl (C=O) groups excluding carboxylic acids is 2. The molecule has 156 valence electrons. The molecule has 1 saturated carbocycles. The van der Waals surface area contributed by atoms with Crippen molar-refractivity contribution < 1.29 is 9.59 Å². The van der Waals surface area contributed by atoms with Gasteiger partial charge in [0.05, 0.1) is 5.41 Å². The maximum Gasteiger partial charge on any atom is 0.251 e. The summed E-state index contributed by atoms with van der Waals surface area (Å²) in [6.07, 6.45) is 3.54. The zero-order valence-electron chi connectivity index (χ0n) is 17.3. The number of nitrogens with two attached hydrogens (primary N) is 1. The van der Waals surface area contributed by atoms with Crippen molar-refractivity contribution in [3.8, 4) is 0 Å². The molecule has 0 atom stereocenters. The van der Waals surface area contributed by atoms with E-state index < -0.39 is 5.41 Å². The molecule has 1 aliphatic carbocycles. The second-order valence-electron chi connectivity index (χ2n) is 8.00. The average molecular weight is 416 g/mol. The molecule has 0 radical (unpaired) electrons. The molecule has 0 spiro atoms. The second-order valence-corrected chi connectivity index (χ2v) is 8.00. The van der Waals surface area contributed by atoms with Crippen molar-refractivity contribution in [2.75, 3.05) is 17.6 Å². The first kappa shape index (κ1) is 22.8. The summed E-state index contributed by atoms with van der Waals surface area (Å²) in [6.45, 7) is 6.29. The number of hydrogen-bond donors (Lipinski definition) is 3. The molecule has 6 heteroatoms. The number of halogens is 1. The first-order valence-electron chi connectivity index (χ1n) is 9.84. The monoisotopic (exact) mass is 415 g/mol. The van der Waals surface area contributed by atoms with E-state index in [2.05, 4.69) is 10.6 Å². The van der Waals surface area contributed by atoms with Gasteiger partial charge in [-0.25, -0.2) is 0 Å². The Morgan fingerprint density at radius 2 is 1.62 bits per heavy atom. The van der Waals surface area contributed by atoms with E-state index in [9.17, 15) is 9.59 Å². The number of nitrogen functional groups attached to an aromatic ring is 1. The summed E-state index contributed by atoms with van der Waals surface area (Å²) < 4.78 is 0. The number of amides is 2. The van der Waals surface area contributed by atoms with Crippen molar-refractivity contribution >= 4 is 35.6 Å². The summed E-state index contributed by atoms with van der Waals surface area (Å²) in [6, 6.07) is 11.2. The van der Waals surface area contributed by atoms with E-state index in [1.165, 1.54) is 5.56 Å². The Labute approximate surface area is 178 Å². The molecule has 1 aliphatic rings. The van der Waals surface area contributed by atoms with Crippen molar-refractivity contribution in [2.24, 2.45) is 5.41 Å². The van der Waals surface area contributed by atoms with Crippen LogP contribution in [-0.4, -0.2) is 18.4 Å². The SMILES string of the molecule is Cc1ccc(NC(=O)C2(CNC(=O)c3cc(N)ccc3C)CCCC2)cc1C.Cl. The first-order valence-corrected chi connectivity index (χ1v) is 9.84. The minimum absolute atomic E-state index is 0. The molecule has 0 saturated heterocycles. The number of rotatable bonds is 5. The van der Waals surface area contributed by atoms with E-state index in [0.717, 1.165) is 42.5 Å². The summed E-state index contributed by atoms with van der Waals surface area (Å²) >= 11 is 0. The minimum Gasteiger partial charge on any atom is -0.399 e. The minimum atomic E-state index is -0.567. The van der Waals surface area contributed by atoms with Crippen LogP contribution >= 0.6 is 12.4 Å². The third-order valence-electron chi connectivity index (χ3n) is 5.90. The molecule has 0 bridgehead atoms. The topological polar surface area (TPSA) is 84.2 Å². The number of hydrogen-bond acceptors (Lipinski definition) is 3. The third-order valence-corrected chi connectivity index (χ3v) is 5.90. The lowest BCUT2D eigenvalue weighted by atomic mass is 9.84. The zero-order valence-corrected chi connectivity index (χ0v) is 18.1. The summed E-state index contributed by atoms with van der Waals surface area (Å²) in [4.78, 5) is 25.8.